The van der Waals surface area contributed by atoms with Crippen molar-refractivity contribution < 1.29 is 9.53 Å². The first kappa shape index (κ1) is 21.4. The number of rotatable bonds is 7. The predicted octanol–water partition coefficient (Wildman–Crippen LogP) is 4.75. The van der Waals surface area contributed by atoms with Crippen molar-refractivity contribution in [3.8, 4) is 11.4 Å². The third kappa shape index (κ3) is 4.57. The largest absolute Gasteiger partial charge is 0.497 e. The Morgan fingerprint density at radius 2 is 1.59 bits per heavy atom. The van der Waals surface area contributed by atoms with Gasteiger partial charge in [0.05, 0.1) is 12.7 Å². The molecule has 1 N–H and O–H groups in total. The van der Waals surface area contributed by atoms with E-state index in [0.29, 0.717) is 27.8 Å². The van der Waals surface area contributed by atoms with Gasteiger partial charge in [-0.1, -0.05) is 48.5 Å². The Kier molecular flexibility index (Phi) is 6.36. The van der Waals surface area contributed by atoms with Crippen molar-refractivity contribution in [2.75, 3.05) is 7.11 Å². The van der Waals surface area contributed by atoms with Crippen molar-refractivity contribution in [1.29, 1.82) is 0 Å². The third-order valence-electron chi connectivity index (χ3n) is 5.61. The van der Waals surface area contributed by atoms with Gasteiger partial charge in [0.1, 0.15) is 5.75 Å². The highest BCUT2D eigenvalue weighted by atomic mass is 16.5. The molecule has 5 nitrogen and oxygen atoms in total. The fraction of sp³-hybridized carbons (Fsp3) is 0.185. The molecule has 32 heavy (non-hydrogen) atoms. The first-order chi connectivity index (χ1) is 15.6. The van der Waals surface area contributed by atoms with Crippen LogP contribution in [0.2, 0.25) is 0 Å². The van der Waals surface area contributed by atoms with Gasteiger partial charge in [-0.2, -0.15) is 0 Å². The summed E-state index contributed by atoms with van der Waals surface area (Å²) in [4.78, 5) is 26.4. The number of carbonyl (C=O) groups is 1. The normalized spacial score (nSPS) is 11.8. The highest BCUT2D eigenvalue weighted by Gasteiger charge is 2.17. The summed E-state index contributed by atoms with van der Waals surface area (Å²) in [7, 11) is 1.60. The average Bonchev–Trinajstić information content (AvgIpc) is 2.84. The average molecular weight is 427 g/mol. The third-order valence-corrected chi connectivity index (χ3v) is 5.61. The van der Waals surface area contributed by atoms with Crippen LogP contribution >= 0.6 is 0 Å². The molecule has 0 spiro atoms. The van der Waals surface area contributed by atoms with Crippen LogP contribution in [0.5, 0.6) is 5.75 Å². The van der Waals surface area contributed by atoms with Crippen LogP contribution in [0.25, 0.3) is 16.5 Å². The molecule has 5 heteroatoms. The maximum atomic E-state index is 13.2. The zero-order valence-electron chi connectivity index (χ0n) is 18.2. The Morgan fingerprint density at radius 3 is 2.28 bits per heavy atom. The zero-order valence-corrected chi connectivity index (χ0v) is 18.2. The molecule has 0 saturated heterocycles. The van der Waals surface area contributed by atoms with Gasteiger partial charge in [-0.05, 0) is 55.7 Å². The number of carbonyl (C=O) groups excluding carboxylic acids is 1. The van der Waals surface area contributed by atoms with Gasteiger partial charge in [0, 0.05) is 28.7 Å². The minimum Gasteiger partial charge on any atom is -0.497 e. The predicted molar refractivity (Wildman–Crippen MR) is 128 cm³/mol. The molecule has 1 aromatic heterocycles. The lowest BCUT2D eigenvalue weighted by Crippen LogP contribution is -2.34. The van der Waals surface area contributed by atoms with Crippen LogP contribution in [-0.2, 0) is 6.42 Å². The van der Waals surface area contributed by atoms with Crippen LogP contribution in [0.3, 0.4) is 0 Å². The van der Waals surface area contributed by atoms with Crippen LogP contribution in [0, 0.1) is 0 Å². The van der Waals surface area contributed by atoms with E-state index in [0.717, 1.165) is 12.8 Å². The van der Waals surface area contributed by atoms with Gasteiger partial charge in [-0.15, -0.1) is 0 Å². The van der Waals surface area contributed by atoms with Crippen molar-refractivity contribution in [1.82, 2.24) is 9.88 Å². The van der Waals surface area contributed by atoms with E-state index in [9.17, 15) is 9.59 Å². The summed E-state index contributed by atoms with van der Waals surface area (Å²) < 4.78 is 6.73. The number of hydrogen-bond acceptors (Lipinski definition) is 3. The minimum atomic E-state index is -0.191. The van der Waals surface area contributed by atoms with Crippen molar-refractivity contribution in [3.63, 3.8) is 0 Å². The van der Waals surface area contributed by atoms with E-state index in [4.69, 9.17) is 4.74 Å². The number of hydrogen-bond donors (Lipinski definition) is 1. The molecule has 0 saturated carbocycles. The molecule has 0 aliphatic carbocycles. The molecule has 1 amide bonds. The second kappa shape index (κ2) is 9.52. The number of amides is 1. The number of aromatic nitrogens is 1. The van der Waals surface area contributed by atoms with Crippen molar-refractivity contribution >= 4 is 16.7 Å². The Hall–Kier alpha value is -3.86. The molecular formula is C27H26N2O3. The first-order valence-corrected chi connectivity index (χ1v) is 10.7. The Labute approximate surface area is 187 Å². The highest BCUT2D eigenvalue weighted by molar-refractivity contribution is 6.06. The number of aryl methyl sites for hydroxylation is 1. The van der Waals surface area contributed by atoms with Crippen molar-refractivity contribution in [2.24, 2.45) is 0 Å². The Morgan fingerprint density at radius 1 is 0.938 bits per heavy atom. The summed E-state index contributed by atoms with van der Waals surface area (Å²) in [5.74, 6) is 0.511. The quantitative estimate of drug-likeness (QED) is 0.464. The molecule has 0 unspecified atom stereocenters. The molecular weight excluding hydrogens is 400 g/mol. The number of methoxy groups -OCH3 is 1. The highest BCUT2D eigenvalue weighted by Crippen LogP contribution is 2.20. The molecule has 4 rings (SSSR count). The van der Waals surface area contributed by atoms with E-state index in [1.165, 1.54) is 10.1 Å². The molecule has 0 bridgehead atoms. The summed E-state index contributed by atoms with van der Waals surface area (Å²) in [6.07, 6.45) is 3.34. The molecule has 4 aromatic rings. The van der Waals surface area contributed by atoms with Crippen LogP contribution in [-0.4, -0.2) is 23.6 Å². The number of fused-ring (bicyclic) bond motifs is 1. The summed E-state index contributed by atoms with van der Waals surface area (Å²) in [6, 6.07) is 24.6. The van der Waals surface area contributed by atoms with Crippen LogP contribution in [0.15, 0.2) is 89.9 Å². The number of nitrogens with one attached hydrogen (secondary N) is 1. The van der Waals surface area contributed by atoms with Crippen LogP contribution in [0.1, 0.15) is 29.3 Å². The summed E-state index contributed by atoms with van der Waals surface area (Å²) in [6.45, 7) is 2.00. The van der Waals surface area contributed by atoms with E-state index < -0.39 is 0 Å². The second-order valence-corrected chi connectivity index (χ2v) is 7.86. The topological polar surface area (TPSA) is 60.3 Å². The Balaban J connectivity index is 1.64. The summed E-state index contributed by atoms with van der Waals surface area (Å²) in [5, 5.41) is 4.26. The van der Waals surface area contributed by atoms with E-state index in [-0.39, 0.29) is 17.5 Å². The van der Waals surface area contributed by atoms with E-state index >= 15 is 0 Å². The van der Waals surface area contributed by atoms with Gasteiger partial charge in [0.25, 0.3) is 11.5 Å². The number of benzene rings is 3. The van der Waals surface area contributed by atoms with Crippen LogP contribution < -0.4 is 15.6 Å². The van der Waals surface area contributed by atoms with Gasteiger partial charge >= 0.3 is 0 Å². The minimum absolute atomic E-state index is 0.0113. The van der Waals surface area contributed by atoms with Gasteiger partial charge in [-0.25, -0.2) is 0 Å². The lowest BCUT2D eigenvalue weighted by Gasteiger charge is -2.17. The van der Waals surface area contributed by atoms with E-state index in [2.05, 4.69) is 17.4 Å². The summed E-state index contributed by atoms with van der Waals surface area (Å²) >= 11 is 0. The maximum absolute atomic E-state index is 13.2. The molecule has 0 aliphatic rings. The van der Waals surface area contributed by atoms with Crippen molar-refractivity contribution in [2.45, 2.75) is 25.8 Å². The van der Waals surface area contributed by atoms with Gasteiger partial charge in [-0.3, -0.25) is 14.2 Å². The molecule has 0 aliphatic heterocycles. The molecule has 1 atom stereocenters. The van der Waals surface area contributed by atoms with Crippen molar-refractivity contribution in [3.05, 3.63) is 107 Å². The molecule has 0 fully saturated rings. The summed E-state index contributed by atoms with van der Waals surface area (Å²) in [5.41, 5.74) is 2.22. The van der Waals surface area contributed by atoms with Gasteiger partial charge < -0.3 is 10.1 Å². The lowest BCUT2D eigenvalue weighted by atomic mass is 10.0. The zero-order chi connectivity index (χ0) is 22.5. The monoisotopic (exact) mass is 426 g/mol. The molecule has 0 radical (unpaired) electrons. The van der Waals surface area contributed by atoms with Gasteiger partial charge in [0.2, 0.25) is 0 Å². The molecule has 3 aromatic carbocycles. The van der Waals surface area contributed by atoms with Crippen LogP contribution in [0.4, 0.5) is 0 Å². The number of ether oxygens (including phenoxy) is 1. The molecule has 1 heterocycles. The maximum Gasteiger partial charge on any atom is 0.262 e. The molecule has 162 valence electrons. The standard InChI is InChI=1S/C27H26N2O3/c1-19(12-13-20-8-4-3-5-9-20)28-26(30)25-18-29(21-14-16-22(32-2)17-15-21)27(31)24-11-7-6-10-23(24)25/h3-11,14-19H,12-13H2,1-2H3,(H,28,30)/t19-/m0/s1. The SMILES string of the molecule is COc1ccc(-n2cc(C(=O)N[C@@H](C)CCc3ccccc3)c3ccccc3c2=O)cc1. The second-order valence-electron chi connectivity index (χ2n) is 7.86. The fourth-order valence-corrected chi connectivity index (χ4v) is 3.81. The van der Waals surface area contributed by atoms with E-state index in [1.54, 1.807) is 43.6 Å². The lowest BCUT2D eigenvalue weighted by molar-refractivity contribution is 0.0939. The smallest absolute Gasteiger partial charge is 0.262 e. The Bertz CT molecular complexity index is 1280. The fourth-order valence-electron chi connectivity index (χ4n) is 3.81. The number of pyridine rings is 1. The first-order valence-electron chi connectivity index (χ1n) is 10.7. The number of nitrogens with zero attached hydrogens (tertiary/aromatic N) is 1. The van der Waals surface area contributed by atoms with E-state index in [1.807, 2.05) is 43.3 Å². The van der Waals surface area contributed by atoms with Gasteiger partial charge in [0.15, 0.2) is 0 Å².